The Kier molecular flexibility index (Phi) is 28.1. The van der Waals surface area contributed by atoms with Gasteiger partial charge in [-0.3, -0.25) is 14.4 Å². The Morgan fingerprint density at radius 2 is 0.821 bits per heavy atom. The molecular weight excluding hydrogens is 496 g/mol. The third-order valence-corrected chi connectivity index (χ3v) is 6.90. The predicted molar refractivity (Wildman–Crippen MR) is 156 cm³/mol. The summed E-state index contributed by atoms with van der Waals surface area (Å²) in [6.45, 7) is 5.41. The monoisotopic (exact) mass is 556 g/mol. The number of carbonyl (C=O) groups excluding carboxylic acids is 3. The largest absolute Gasteiger partial charge is 0.463 e. The minimum atomic E-state index is -0.669. The van der Waals surface area contributed by atoms with E-state index in [1.165, 1.54) is 96.8 Å². The highest BCUT2D eigenvalue weighted by Crippen LogP contribution is 2.13. The van der Waals surface area contributed by atoms with E-state index in [2.05, 4.69) is 13.8 Å². The molecule has 0 aromatic heterocycles. The molecule has 0 aliphatic heterocycles. The van der Waals surface area contributed by atoms with Crippen molar-refractivity contribution in [1.29, 1.82) is 0 Å². The average Bonchev–Trinajstić information content (AvgIpc) is 2.91. The molecular formula is C32H60O7. The topological polar surface area (TPSA) is 88.1 Å². The Hall–Kier alpha value is -1.63. The third kappa shape index (κ3) is 29.2. The summed E-state index contributed by atoms with van der Waals surface area (Å²) >= 11 is 0. The predicted octanol–water partition coefficient (Wildman–Crippen LogP) is 8.60. The molecule has 0 aromatic rings. The van der Waals surface area contributed by atoms with E-state index in [0.717, 1.165) is 38.5 Å². The van der Waals surface area contributed by atoms with Crippen LogP contribution in [0.25, 0.3) is 0 Å². The number of esters is 3. The molecule has 0 rings (SSSR count). The van der Waals surface area contributed by atoms with Crippen LogP contribution in [0.3, 0.4) is 0 Å². The van der Waals surface area contributed by atoms with Crippen molar-refractivity contribution in [3.63, 3.8) is 0 Å². The maximum absolute atomic E-state index is 12.1. The van der Waals surface area contributed by atoms with Crippen LogP contribution in [-0.2, 0) is 33.3 Å². The molecule has 0 aliphatic carbocycles. The molecule has 7 heteroatoms. The van der Waals surface area contributed by atoms with Gasteiger partial charge < -0.3 is 18.9 Å². The number of ether oxygens (including phenoxy) is 4. The van der Waals surface area contributed by atoms with Crippen molar-refractivity contribution in [3.05, 3.63) is 0 Å². The quantitative estimate of drug-likeness (QED) is 0.0394. The first-order chi connectivity index (χ1) is 19.0. The number of unbranched alkanes of at least 4 members (excludes halogenated alkanes) is 18. The third-order valence-electron chi connectivity index (χ3n) is 6.90. The summed E-state index contributed by atoms with van der Waals surface area (Å²) < 4.78 is 21.0. The fourth-order valence-corrected chi connectivity index (χ4v) is 4.39. The first-order valence-corrected chi connectivity index (χ1v) is 16.1. The molecule has 0 heterocycles. The second-order valence-corrected chi connectivity index (χ2v) is 10.8. The highest BCUT2D eigenvalue weighted by atomic mass is 16.7. The highest BCUT2D eigenvalue weighted by Gasteiger charge is 2.16. The lowest BCUT2D eigenvalue weighted by atomic mass is 10.1. The van der Waals surface area contributed by atoms with Crippen molar-refractivity contribution in [2.75, 3.05) is 20.0 Å². The van der Waals surface area contributed by atoms with Gasteiger partial charge in [-0.15, -0.1) is 0 Å². The Balaban J connectivity index is 3.98. The smallest absolute Gasteiger partial charge is 0.305 e. The zero-order chi connectivity index (χ0) is 28.8. The van der Waals surface area contributed by atoms with Crippen LogP contribution in [0.5, 0.6) is 0 Å². The molecule has 0 aromatic carbocycles. The van der Waals surface area contributed by atoms with E-state index in [4.69, 9.17) is 18.9 Å². The summed E-state index contributed by atoms with van der Waals surface area (Å²) in [6.07, 6.45) is 24.2. The van der Waals surface area contributed by atoms with Gasteiger partial charge in [0.25, 0.3) is 0 Å². The average molecular weight is 557 g/mol. The lowest BCUT2D eigenvalue weighted by molar-refractivity contribution is -0.174. The molecule has 0 saturated heterocycles. The normalized spacial score (nSPS) is 11.1. The van der Waals surface area contributed by atoms with Gasteiger partial charge in [-0.05, 0) is 12.8 Å². The summed E-state index contributed by atoms with van der Waals surface area (Å²) in [6, 6.07) is 0. The number of hydrogen-bond acceptors (Lipinski definition) is 7. The van der Waals surface area contributed by atoms with Gasteiger partial charge in [-0.1, -0.05) is 129 Å². The second-order valence-electron chi connectivity index (χ2n) is 10.8. The zero-order valence-corrected chi connectivity index (χ0v) is 25.6. The SMILES string of the molecule is CCCCCCCCCCCCC(=O)OCC(COC(=O)CCCCCCCCCCCC)OCOC(C)=O. The van der Waals surface area contributed by atoms with E-state index in [9.17, 15) is 14.4 Å². The van der Waals surface area contributed by atoms with Crippen molar-refractivity contribution in [2.45, 2.75) is 168 Å². The molecule has 0 aliphatic rings. The van der Waals surface area contributed by atoms with Gasteiger partial charge in [-0.25, -0.2) is 0 Å². The first kappa shape index (κ1) is 37.4. The molecule has 7 nitrogen and oxygen atoms in total. The van der Waals surface area contributed by atoms with E-state index in [1.807, 2.05) is 0 Å². The minimum absolute atomic E-state index is 0.0383. The van der Waals surface area contributed by atoms with Crippen molar-refractivity contribution in [2.24, 2.45) is 0 Å². The maximum Gasteiger partial charge on any atom is 0.305 e. The lowest BCUT2D eigenvalue weighted by Gasteiger charge is -2.18. The summed E-state index contributed by atoms with van der Waals surface area (Å²) in [7, 11) is 0. The minimum Gasteiger partial charge on any atom is -0.463 e. The van der Waals surface area contributed by atoms with E-state index in [0.29, 0.717) is 12.8 Å². The van der Waals surface area contributed by atoms with Crippen LogP contribution in [0.2, 0.25) is 0 Å². The van der Waals surface area contributed by atoms with Crippen LogP contribution >= 0.6 is 0 Å². The van der Waals surface area contributed by atoms with Gasteiger partial charge in [0.1, 0.15) is 19.3 Å². The summed E-state index contributed by atoms with van der Waals surface area (Å²) in [4.78, 5) is 35.3. The first-order valence-electron chi connectivity index (χ1n) is 16.1. The maximum atomic E-state index is 12.1. The van der Waals surface area contributed by atoms with Gasteiger partial charge in [0.2, 0.25) is 0 Å². The van der Waals surface area contributed by atoms with Crippen LogP contribution in [-0.4, -0.2) is 44.0 Å². The molecule has 0 amide bonds. The van der Waals surface area contributed by atoms with E-state index >= 15 is 0 Å². The molecule has 0 fully saturated rings. The Bertz CT molecular complexity index is 539. The number of hydrogen-bond donors (Lipinski definition) is 0. The van der Waals surface area contributed by atoms with Crippen LogP contribution in [0.15, 0.2) is 0 Å². The fourth-order valence-electron chi connectivity index (χ4n) is 4.39. The van der Waals surface area contributed by atoms with Crippen molar-refractivity contribution < 1.29 is 33.3 Å². The van der Waals surface area contributed by atoms with Gasteiger partial charge in [-0.2, -0.15) is 0 Å². The molecule has 0 unspecified atom stereocenters. The van der Waals surface area contributed by atoms with Gasteiger partial charge in [0, 0.05) is 19.8 Å². The molecule has 0 radical (unpaired) electrons. The van der Waals surface area contributed by atoms with Crippen molar-refractivity contribution in [1.82, 2.24) is 0 Å². The summed E-state index contributed by atoms with van der Waals surface area (Å²) in [5.74, 6) is -1.04. The van der Waals surface area contributed by atoms with Crippen LogP contribution < -0.4 is 0 Å². The molecule has 230 valence electrons. The van der Waals surface area contributed by atoms with E-state index < -0.39 is 12.1 Å². The van der Waals surface area contributed by atoms with Gasteiger partial charge in [0.15, 0.2) is 6.79 Å². The highest BCUT2D eigenvalue weighted by molar-refractivity contribution is 5.69. The van der Waals surface area contributed by atoms with E-state index in [1.54, 1.807) is 0 Å². The number of carbonyl (C=O) groups is 3. The van der Waals surface area contributed by atoms with E-state index in [-0.39, 0.29) is 31.9 Å². The molecule has 39 heavy (non-hydrogen) atoms. The molecule has 0 N–H and O–H groups in total. The Morgan fingerprint density at radius 3 is 1.15 bits per heavy atom. The molecule has 0 atom stereocenters. The summed E-state index contributed by atoms with van der Waals surface area (Å²) in [5.41, 5.74) is 0. The Labute approximate surface area is 239 Å². The lowest BCUT2D eigenvalue weighted by Crippen LogP contribution is -2.29. The van der Waals surface area contributed by atoms with Gasteiger partial charge in [0.05, 0.1) is 0 Å². The standard InChI is InChI=1S/C32H60O7/c1-4-6-8-10-12-14-16-18-20-22-24-31(34)36-26-30(39-28-38-29(3)33)27-37-32(35)25-23-21-19-17-15-13-11-9-7-5-2/h30H,4-28H2,1-3H3. The molecule has 0 spiro atoms. The summed E-state index contributed by atoms with van der Waals surface area (Å²) in [5, 5.41) is 0. The van der Waals surface area contributed by atoms with Gasteiger partial charge >= 0.3 is 17.9 Å². The van der Waals surface area contributed by atoms with Crippen molar-refractivity contribution >= 4 is 17.9 Å². The van der Waals surface area contributed by atoms with Crippen LogP contribution in [0, 0.1) is 0 Å². The van der Waals surface area contributed by atoms with Crippen LogP contribution in [0.4, 0.5) is 0 Å². The van der Waals surface area contributed by atoms with Crippen LogP contribution in [0.1, 0.15) is 162 Å². The molecule has 0 saturated carbocycles. The second kappa shape index (κ2) is 29.4. The zero-order valence-electron chi connectivity index (χ0n) is 25.6. The Morgan fingerprint density at radius 1 is 0.487 bits per heavy atom. The van der Waals surface area contributed by atoms with Crippen molar-refractivity contribution in [3.8, 4) is 0 Å². The fraction of sp³-hybridized carbons (Fsp3) is 0.906. The molecule has 0 bridgehead atoms. The number of rotatable bonds is 29.